The summed E-state index contributed by atoms with van der Waals surface area (Å²) in [5.74, 6) is 1.65. The quantitative estimate of drug-likeness (QED) is 0.789. The molecule has 2 aromatic rings. The summed E-state index contributed by atoms with van der Waals surface area (Å²) >= 11 is 0. The number of nitrogens with zero attached hydrogens (tertiary/aromatic N) is 1. The van der Waals surface area contributed by atoms with Gasteiger partial charge in [-0.05, 0) is 73.6 Å². The largest absolute Gasteiger partial charge is 0.497 e. The molecule has 2 amide bonds. The van der Waals surface area contributed by atoms with Crippen molar-refractivity contribution in [3.05, 3.63) is 54.1 Å². The number of hydrogen-bond donors (Lipinski definition) is 2. The number of urea groups is 1. The lowest BCUT2D eigenvalue weighted by Gasteiger charge is -2.32. The van der Waals surface area contributed by atoms with E-state index in [9.17, 15) is 4.79 Å². The Balaban J connectivity index is 1.34. The minimum Gasteiger partial charge on any atom is -0.497 e. The fourth-order valence-corrected chi connectivity index (χ4v) is 3.92. The molecule has 2 fully saturated rings. The van der Waals surface area contributed by atoms with E-state index in [1.165, 1.54) is 18.5 Å². The molecule has 0 radical (unpaired) electrons. The second-order valence-electron chi connectivity index (χ2n) is 8.11. The molecule has 1 aliphatic carbocycles. The molecular weight excluding hydrogens is 350 g/mol. The number of anilines is 2. The standard InChI is InChI=1S/C23H29N3O2/c1-17-11-15-26(16-12-17)20-7-5-19(6-8-20)24-22(27)25-23(13-14-23)18-3-9-21(28-2)10-4-18/h3-10,17H,11-16H2,1-2H3,(H2,24,25,27). The number of hydrogen-bond acceptors (Lipinski definition) is 3. The van der Waals surface area contributed by atoms with Gasteiger partial charge in [-0.1, -0.05) is 19.1 Å². The lowest BCUT2D eigenvalue weighted by Crippen LogP contribution is -2.38. The normalized spacial score (nSPS) is 18.4. The second-order valence-corrected chi connectivity index (χ2v) is 8.11. The molecule has 1 aliphatic heterocycles. The third kappa shape index (κ3) is 4.08. The Morgan fingerprint density at radius 3 is 2.25 bits per heavy atom. The van der Waals surface area contributed by atoms with Crippen molar-refractivity contribution < 1.29 is 9.53 Å². The van der Waals surface area contributed by atoms with E-state index in [-0.39, 0.29) is 11.6 Å². The number of nitrogens with one attached hydrogen (secondary N) is 2. The first-order valence-corrected chi connectivity index (χ1v) is 10.2. The Labute approximate surface area is 167 Å². The van der Waals surface area contributed by atoms with Crippen molar-refractivity contribution in [2.24, 2.45) is 5.92 Å². The molecule has 28 heavy (non-hydrogen) atoms. The Morgan fingerprint density at radius 1 is 1.04 bits per heavy atom. The van der Waals surface area contributed by atoms with E-state index in [0.29, 0.717) is 0 Å². The number of methoxy groups -OCH3 is 1. The van der Waals surface area contributed by atoms with Crippen LogP contribution in [-0.4, -0.2) is 26.2 Å². The van der Waals surface area contributed by atoms with Crippen LogP contribution >= 0.6 is 0 Å². The highest BCUT2D eigenvalue weighted by atomic mass is 16.5. The monoisotopic (exact) mass is 379 g/mol. The average Bonchev–Trinajstić information content (AvgIpc) is 3.50. The summed E-state index contributed by atoms with van der Waals surface area (Å²) in [7, 11) is 1.66. The molecule has 2 aromatic carbocycles. The fraction of sp³-hybridized carbons (Fsp3) is 0.435. The third-order valence-electron chi connectivity index (χ3n) is 6.02. The first-order valence-electron chi connectivity index (χ1n) is 10.2. The summed E-state index contributed by atoms with van der Waals surface area (Å²) in [5.41, 5.74) is 2.92. The number of benzene rings is 2. The first kappa shape index (κ1) is 18.7. The van der Waals surface area contributed by atoms with Gasteiger partial charge in [-0.2, -0.15) is 0 Å². The van der Waals surface area contributed by atoms with Gasteiger partial charge in [0.1, 0.15) is 5.75 Å². The number of rotatable bonds is 5. The molecule has 1 heterocycles. The van der Waals surface area contributed by atoms with Crippen LogP contribution in [0.4, 0.5) is 16.2 Å². The number of piperidine rings is 1. The van der Waals surface area contributed by atoms with Crippen molar-refractivity contribution >= 4 is 17.4 Å². The van der Waals surface area contributed by atoms with Crippen LogP contribution < -0.4 is 20.3 Å². The van der Waals surface area contributed by atoms with Gasteiger partial charge in [-0.15, -0.1) is 0 Å². The predicted molar refractivity (Wildman–Crippen MR) is 113 cm³/mol. The van der Waals surface area contributed by atoms with Gasteiger partial charge in [0, 0.05) is 24.5 Å². The predicted octanol–water partition coefficient (Wildman–Crippen LogP) is 4.74. The molecule has 0 spiro atoms. The second kappa shape index (κ2) is 7.74. The van der Waals surface area contributed by atoms with Crippen LogP contribution in [-0.2, 0) is 5.54 Å². The van der Waals surface area contributed by atoms with E-state index in [0.717, 1.165) is 48.8 Å². The Bertz CT molecular complexity index is 805. The molecule has 1 saturated heterocycles. The van der Waals surface area contributed by atoms with Gasteiger partial charge in [0.15, 0.2) is 0 Å². The number of carbonyl (C=O) groups is 1. The molecule has 0 aromatic heterocycles. The van der Waals surface area contributed by atoms with Crippen molar-refractivity contribution in [3.63, 3.8) is 0 Å². The molecule has 0 unspecified atom stereocenters. The molecule has 0 bridgehead atoms. The van der Waals surface area contributed by atoms with Crippen molar-refractivity contribution in [1.82, 2.24) is 5.32 Å². The zero-order chi connectivity index (χ0) is 19.6. The van der Waals surface area contributed by atoms with Gasteiger partial charge in [-0.3, -0.25) is 0 Å². The van der Waals surface area contributed by atoms with E-state index in [1.54, 1.807) is 7.11 Å². The SMILES string of the molecule is COc1ccc(C2(NC(=O)Nc3ccc(N4CCC(C)CC4)cc3)CC2)cc1. The summed E-state index contributed by atoms with van der Waals surface area (Å²) in [4.78, 5) is 15.0. The molecule has 2 aliphatic rings. The fourth-order valence-electron chi connectivity index (χ4n) is 3.92. The summed E-state index contributed by atoms with van der Waals surface area (Å²) < 4.78 is 5.22. The van der Waals surface area contributed by atoms with Crippen LogP contribution in [0.3, 0.4) is 0 Å². The minimum absolute atomic E-state index is 0.159. The van der Waals surface area contributed by atoms with Gasteiger partial charge in [-0.25, -0.2) is 4.79 Å². The molecule has 2 N–H and O–H groups in total. The van der Waals surface area contributed by atoms with Crippen LogP contribution in [0.15, 0.2) is 48.5 Å². The van der Waals surface area contributed by atoms with Gasteiger partial charge >= 0.3 is 6.03 Å². The van der Waals surface area contributed by atoms with Crippen molar-refractivity contribution in [2.45, 2.75) is 38.1 Å². The summed E-state index contributed by atoms with van der Waals surface area (Å²) in [6, 6.07) is 15.9. The van der Waals surface area contributed by atoms with Gasteiger partial charge in [0.2, 0.25) is 0 Å². The average molecular weight is 380 g/mol. The number of amides is 2. The van der Waals surface area contributed by atoms with Crippen LogP contribution in [0.2, 0.25) is 0 Å². The third-order valence-corrected chi connectivity index (χ3v) is 6.02. The van der Waals surface area contributed by atoms with Gasteiger partial charge < -0.3 is 20.3 Å². The minimum atomic E-state index is -0.249. The van der Waals surface area contributed by atoms with Gasteiger partial charge in [0.25, 0.3) is 0 Å². The topological polar surface area (TPSA) is 53.6 Å². The Kier molecular flexibility index (Phi) is 5.16. The lowest BCUT2D eigenvalue weighted by molar-refractivity contribution is 0.247. The first-order chi connectivity index (χ1) is 13.6. The van der Waals surface area contributed by atoms with E-state index >= 15 is 0 Å². The van der Waals surface area contributed by atoms with Gasteiger partial charge in [0.05, 0.1) is 12.6 Å². The van der Waals surface area contributed by atoms with Crippen LogP contribution in [0, 0.1) is 5.92 Å². The van der Waals surface area contributed by atoms with E-state index in [2.05, 4.69) is 34.6 Å². The van der Waals surface area contributed by atoms with Crippen LogP contribution in [0.25, 0.3) is 0 Å². The maximum atomic E-state index is 12.5. The molecule has 4 rings (SSSR count). The zero-order valence-corrected chi connectivity index (χ0v) is 16.7. The van der Waals surface area contributed by atoms with E-state index < -0.39 is 0 Å². The van der Waals surface area contributed by atoms with Crippen molar-refractivity contribution in [1.29, 1.82) is 0 Å². The summed E-state index contributed by atoms with van der Waals surface area (Å²) in [6.07, 6.45) is 4.41. The molecule has 0 atom stereocenters. The Morgan fingerprint density at radius 2 is 1.68 bits per heavy atom. The molecular formula is C23H29N3O2. The lowest BCUT2D eigenvalue weighted by atomic mass is 9.99. The molecule has 5 heteroatoms. The maximum Gasteiger partial charge on any atom is 0.319 e. The van der Waals surface area contributed by atoms with Crippen LogP contribution in [0.5, 0.6) is 5.75 Å². The zero-order valence-electron chi connectivity index (χ0n) is 16.7. The van der Waals surface area contributed by atoms with E-state index in [1.807, 2.05) is 36.4 Å². The Hall–Kier alpha value is -2.69. The van der Waals surface area contributed by atoms with Crippen molar-refractivity contribution in [2.75, 3.05) is 30.4 Å². The highest BCUT2D eigenvalue weighted by Crippen LogP contribution is 2.45. The molecule has 148 valence electrons. The molecule has 5 nitrogen and oxygen atoms in total. The molecule has 1 saturated carbocycles. The van der Waals surface area contributed by atoms with Crippen molar-refractivity contribution in [3.8, 4) is 5.75 Å². The summed E-state index contributed by atoms with van der Waals surface area (Å²) in [5, 5.41) is 6.13. The highest BCUT2D eigenvalue weighted by molar-refractivity contribution is 5.90. The van der Waals surface area contributed by atoms with Crippen LogP contribution in [0.1, 0.15) is 38.2 Å². The maximum absolute atomic E-state index is 12.5. The summed E-state index contributed by atoms with van der Waals surface area (Å²) in [6.45, 7) is 4.54. The van der Waals surface area contributed by atoms with E-state index in [4.69, 9.17) is 4.74 Å². The number of ether oxygens (including phenoxy) is 1. The number of carbonyl (C=O) groups excluding carboxylic acids is 1. The highest BCUT2D eigenvalue weighted by Gasteiger charge is 2.45. The smallest absolute Gasteiger partial charge is 0.319 e.